The fourth-order valence-corrected chi connectivity index (χ4v) is 4.75. The number of imidazole rings is 1. The van der Waals surface area contributed by atoms with Gasteiger partial charge in [0.25, 0.3) is 5.91 Å². The molecule has 5 rings (SSSR count). The number of carbonyl (C=O) groups is 1. The minimum Gasteiger partial charge on any atom is -0.388 e. The molecular weight excluding hydrogens is 338 g/mol. The van der Waals surface area contributed by atoms with Crippen LogP contribution in [0.1, 0.15) is 45.6 Å². The van der Waals surface area contributed by atoms with E-state index in [1.165, 1.54) is 11.1 Å². The quantitative estimate of drug-likeness (QED) is 0.739. The molecule has 0 fully saturated rings. The standard InChI is InChI=1S/C22H21N3O2/c1-23-22(27)14-7-8-15-13(10-14)6-9-18(21(15)26)20-17-5-3-2-4-16(17)19-11-24-12-25(19)20/h2-5,7-8,10-12,18,20-21,26H,6,9H2,1H3,(H,23,27)/t18-,20-,21-/m0/s1. The van der Waals surface area contributed by atoms with Crippen molar-refractivity contribution in [2.24, 2.45) is 5.92 Å². The lowest BCUT2D eigenvalue weighted by molar-refractivity contribution is 0.0719. The second kappa shape index (κ2) is 6.06. The molecule has 2 N–H and O–H groups in total. The highest BCUT2D eigenvalue weighted by Gasteiger charge is 2.40. The zero-order chi connectivity index (χ0) is 18.5. The Bertz CT molecular complexity index is 1040. The Kier molecular flexibility index (Phi) is 3.65. The number of amides is 1. The van der Waals surface area contributed by atoms with Crippen molar-refractivity contribution in [3.8, 4) is 11.3 Å². The lowest BCUT2D eigenvalue weighted by atomic mass is 9.75. The molecule has 27 heavy (non-hydrogen) atoms. The topological polar surface area (TPSA) is 67.2 Å². The van der Waals surface area contributed by atoms with Crippen LogP contribution in [0.25, 0.3) is 11.3 Å². The summed E-state index contributed by atoms with van der Waals surface area (Å²) in [5.41, 5.74) is 6.22. The van der Waals surface area contributed by atoms with E-state index >= 15 is 0 Å². The molecule has 2 aromatic carbocycles. The average Bonchev–Trinajstić information content (AvgIpc) is 3.29. The Hall–Kier alpha value is -2.92. The van der Waals surface area contributed by atoms with Crippen molar-refractivity contribution in [1.29, 1.82) is 0 Å². The number of aliphatic hydroxyl groups is 1. The van der Waals surface area contributed by atoms with Gasteiger partial charge in [0.05, 0.1) is 30.4 Å². The smallest absolute Gasteiger partial charge is 0.251 e. The summed E-state index contributed by atoms with van der Waals surface area (Å²) < 4.78 is 2.20. The van der Waals surface area contributed by atoms with Gasteiger partial charge in [-0.05, 0) is 41.7 Å². The van der Waals surface area contributed by atoms with Crippen LogP contribution in [0.5, 0.6) is 0 Å². The molecular formula is C22H21N3O2. The first-order valence-corrected chi connectivity index (χ1v) is 9.33. The molecule has 1 aliphatic carbocycles. The summed E-state index contributed by atoms with van der Waals surface area (Å²) in [7, 11) is 1.63. The van der Waals surface area contributed by atoms with E-state index in [9.17, 15) is 9.90 Å². The molecule has 2 aliphatic rings. The summed E-state index contributed by atoms with van der Waals surface area (Å²) in [5.74, 6) is -0.0258. The van der Waals surface area contributed by atoms with Crippen LogP contribution in [0.3, 0.4) is 0 Å². The van der Waals surface area contributed by atoms with E-state index in [0.29, 0.717) is 5.56 Å². The highest BCUT2D eigenvalue weighted by molar-refractivity contribution is 5.94. The number of fused-ring (bicyclic) bond motifs is 4. The zero-order valence-electron chi connectivity index (χ0n) is 15.1. The average molecular weight is 359 g/mol. The van der Waals surface area contributed by atoms with Gasteiger partial charge < -0.3 is 15.0 Å². The normalized spacial score (nSPS) is 22.7. The fourth-order valence-electron chi connectivity index (χ4n) is 4.75. The third-order valence-corrected chi connectivity index (χ3v) is 6.03. The number of nitrogens with zero attached hydrogens (tertiary/aromatic N) is 2. The fraction of sp³-hybridized carbons (Fsp3) is 0.273. The van der Waals surface area contributed by atoms with Crippen molar-refractivity contribution >= 4 is 5.91 Å². The number of carbonyl (C=O) groups excluding carboxylic acids is 1. The first-order valence-electron chi connectivity index (χ1n) is 9.33. The van der Waals surface area contributed by atoms with Gasteiger partial charge in [-0.3, -0.25) is 4.79 Å². The second-order valence-corrected chi connectivity index (χ2v) is 7.36. The van der Waals surface area contributed by atoms with E-state index in [4.69, 9.17) is 0 Å². The molecule has 5 nitrogen and oxygen atoms in total. The maximum Gasteiger partial charge on any atom is 0.251 e. The first kappa shape index (κ1) is 16.3. The number of benzene rings is 2. The Morgan fingerprint density at radius 1 is 1.22 bits per heavy atom. The summed E-state index contributed by atoms with van der Waals surface area (Å²) in [5, 5.41) is 13.9. The number of rotatable bonds is 2. The molecule has 0 saturated heterocycles. The Morgan fingerprint density at radius 3 is 2.93 bits per heavy atom. The Labute approximate surface area is 157 Å². The molecule has 136 valence electrons. The van der Waals surface area contributed by atoms with E-state index in [0.717, 1.165) is 29.7 Å². The van der Waals surface area contributed by atoms with Crippen LogP contribution in [0, 0.1) is 5.92 Å². The van der Waals surface area contributed by atoms with Crippen molar-refractivity contribution < 1.29 is 9.90 Å². The minimum atomic E-state index is -0.570. The largest absolute Gasteiger partial charge is 0.388 e. The van der Waals surface area contributed by atoms with E-state index in [2.05, 4.69) is 33.1 Å². The predicted molar refractivity (Wildman–Crippen MR) is 102 cm³/mol. The Morgan fingerprint density at radius 2 is 2.07 bits per heavy atom. The van der Waals surface area contributed by atoms with Crippen molar-refractivity contribution in [3.05, 3.63) is 77.2 Å². The molecule has 1 aliphatic heterocycles. The zero-order valence-corrected chi connectivity index (χ0v) is 15.1. The van der Waals surface area contributed by atoms with Crippen LogP contribution >= 0.6 is 0 Å². The summed E-state index contributed by atoms with van der Waals surface area (Å²) in [4.78, 5) is 16.2. The SMILES string of the molecule is CNC(=O)c1ccc2c(c1)CC[C@@H]([C@@H]1c3ccccc3-c3cncn31)[C@H]2O. The summed E-state index contributed by atoms with van der Waals surface area (Å²) >= 11 is 0. The molecule has 0 bridgehead atoms. The molecule has 0 saturated carbocycles. The number of hydrogen-bond acceptors (Lipinski definition) is 3. The van der Waals surface area contributed by atoms with Gasteiger partial charge in [-0.25, -0.2) is 4.98 Å². The van der Waals surface area contributed by atoms with Gasteiger partial charge in [0.15, 0.2) is 0 Å². The van der Waals surface area contributed by atoms with Crippen LogP contribution in [-0.4, -0.2) is 27.6 Å². The minimum absolute atomic E-state index is 0.0694. The van der Waals surface area contributed by atoms with E-state index in [1.807, 2.05) is 30.7 Å². The lowest BCUT2D eigenvalue weighted by Crippen LogP contribution is -2.29. The van der Waals surface area contributed by atoms with Crippen LogP contribution in [-0.2, 0) is 6.42 Å². The molecule has 2 heterocycles. The number of nitrogens with one attached hydrogen (secondary N) is 1. The maximum absolute atomic E-state index is 11.9. The summed E-state index contributed by atoms with van der Waals surface area (Å²) in [6.45, 7) is 0. The van der Waals surface area contributed by atoms with E-state index in [1.54, 1.807) is 13.1 Å². The van der Waals surface area contributed by atoms with Crippen molar-refractivity contribution in [3.63, 3.8) is 0 Å². The molecule has 3 atom stereocenters. The van der Waals surface area contributed by atoms with Crippen molar-refractivity contribution in [2.75, 3.05) is 7.05 Å². The van der Waals surface area contributed by atoms with Crippen LogP contribution < -0.4 is 5.32 Å². The van der Waals surface area contributed by atoms with Gasteiger partial charge in [0.2, 0.25) is 0 Å². The van der Waals surface area contributed by atoms with Crippen molar-refractivity contribution in [1.82, 2.24) is 14.9 Å². The van der Waals surface area contributed by atoms with Crippen LogP contribution in [0.4, 0.5) is 0 Å². The third kappa shape index (κ3) is 2.35. The Balaban J connectivity index is 1.54. The molecule has 5 heteroatoms. The van der Waals surface area contributed by atoms with Crippen molar-refractivity contribution in [2.45, 2.75) is 25.0 Å². The number of hydrogen-bond donors (Lipinski definition) is 2. The molecule has 0 unspecified atom stereocenters. The second-order valence-electron chi connectivity index (χ2n) is 7.36. The maximum atomic E-state index is 11.9. The highest BCUT2D eigenvalue weighted by atomic mass is 16.3. The van der Waals surface area contributed by atoms with Gasteiger partial charge in [0, 0.05) is 24.1 Å². The van der Waals surface area contributed by atoms with E-state index < -0.39 is 6.10 Å². The number of aryl methyl sites for hydroxylation is 1. The predicted octanol–water partition coefficient (Wildman–Crippen LogP) is 3.11. The van der Waals surface area contributed by atoms with Gasteiger partial charge in [-0.15, -0.1) is 0 Å². The number of aromatic nitrogens is 2. The first-order chi connectivity index (χ1) is 13.2. The lowest BCUT2D eigenvalue weighted by Gasteiger charge is -2.35. The molecule has 0 spiro atoms. The highest BCUT2D eigenvalue weighted by Crippen LogP contribution is 2.49. The van der Waals surface area contributed by atoms with Gasteiger partial charge in [0.1, 0.15) is 0 Å². The van der Waals surface area contributed by atoms with Gasteiger partial charge >= 0.3 is 0 Å². The monoisotopic (exact) mass is 359 g/mol. The molecule has 1 aromatic heterocycles. The molecule has 3 aromatic rings. The van der Waals surface area contributed by atoms with Gasteiger partial charge in [-0.2, -0.15) is 0 Å². The van der Waals surface area contributed by atoms with Gasteiger partial charge in [-0.1, -0.05) is 30.3 Å². The molecule has 1 amide bonds. The van der Waals surface area contributed by atoms with Crippen LogP contribution in [0.2, 0.25) is 0 Å². The summed E-state index contributed by atoms with van der Waals surface area (Å²) in [6.07, 6.45) is 4.92. The third-order valence-electron chi connectivity index (χ3n) is 6.03. The molecule has 0 radical (unpaired) electrons. The van der Waals surface area contributed by atoms with E-state index in [-0.39, 0.29) is 17.9 Å². The van der Waals surface area contributed by atoms with Crippen LogP contribution in [0.15, 0.2) is 55.0 Å². The summed E-state index contributed by atoms with van der Waals surface area (Å²) in [6, 6.07) is 14.1. The number of aliphatic hydroxyl groups excluding tert-OH is 1.